The maximum atomic E-state index is 12.2. The van der Waals surface area contributed by atoms with E-state index in [1.54, 1.807) is 30.2 Å². The molecule has 24 heavy (non-hydrogen) atoms. The SMILES string of the molecule is O=C(CSc1ncccn1)Nc1ccccc1Sc1ccccc1. The number of carbonyl (C=O) groups excluding carboxylic acids is 1. The summed E-state index contributed by atoms with van der Waals surface area (Å²) >= 11 is 2.94. The highest BCUT2D eigenvalue weighted by Crippen LogP contribution is 2.33. The molecule has 0 unspecified atom stereocenters. The van der Waals surface area contributed by atoms with Crippen LogP contribution in [0, 0.1) is 0 Å². The van der Waals surface area contributed by atoms with Crippen LogP contribution in [0.25, 0.3) is 0 Å². The van der Waals surface area contributed by atoms with E-state index in [0.29, 0.717) is 5.16 Å². The number of hydrogen-bond donors (Lipinski definition) is 1. The summed E-state index contributed by atoms with van der Waals surface area (Å²) in [5.41, 5.74) is 0.811. The summed E-state index contributed by atoms with van der Waals surface area (Å²) in [4.78, 5) is 22.5. The summed E-state index contributed by atoms with van der Waals surface area (Å²) in [6.45, 7) is 0. The summed E-state index contributed by atoms with van der Waals surface area (Å²) < 4.78 is 0. The monoisotopic (exact) mass is 353 g/mol. The minimum atomic E-state index is -0.0754. The second-order valence-electron chi connectivity index (χ2n) is 4.78. The number of rotatable bonds is 6. The van der Waals surface area contributed by atoms with Gasteiger partial charge in [-0.15, -0.1) is 0 Å². The highest BCUT2D eigenvalue weighted by atomic mass is 32.2. The molecule has 0 aliphatic carbocycles. The van der Waals surface area contributed by atoms with Gasteiger partial charge in [-0.25, -0.2) is 9.97 Å². The van der Waals surface area contributed by atoms with Crippen molar-refractivity contribution in [3.05, 3.63) is 73.1 Å². The molecule has 0 fully saturated rings. The molecule has 0 aliphatic rings. The van der Waals surface area contributed by atoms with Crippen LogP contribution in [-0.2, 0) is 4.79 Å². The number of benzene rings is 2. The standard InChI is InChI=1S/C18H15N3OS2/c22-17(13-23-18-19-11-6-12-20-18)21-15-9-4-5-10-16(15)24-14-7-2-1-3-8-14/h1-12H,13H2,(H,21,22). The Morgan fingerprint density at radius 2 is 1.62 bits per heavy atom. The van der Waals surface area contributed by atoms with Crippen LogP contribution >= 0.6 is 23.5 Å². The van der Waals surface area contributed by atoms with Crippen molar-refractivity contribution < 1.29 is 4.79 Å². The average molecular weight is 353 g/mol. The van der Waals surface area contributed by atoms with Crippen LogP contribution in [0.1, 0.15) is 0 Å². The van der Waals surface area contributed by atoms with E-state index in [0.717, 1.165) is 15.5 Å². The van der Waals surface area contributed by atoms with Crippen molar-refractivity contribution in [3.8, 4) is 0 Å². The normalized spacial score (nSPS) is 10.3. The van der Waals surface area contributed by atoms with Crippen LogP contribution in [0.5, 0.6) is 0 Å². The van der Waals surface area contributed by atoms with Gasteiger partial charge in [0.05, 0.1) is 11.4 Å². The Bertz CT molecular complexity index is 798. The lowest BCUT2D eigenvalue weighted by molar-refractivity contribution is -0.113. The molecule has 1 heterocycles. The van der Waals surface area contributed by atoms with Crippen molar-refractivity contribution in [1.29, 1.82) is 0 Å². The highest BCUT2D eigenvalue weighted by Gasteiger charge is 2.09. The van der Waals surface area contributed by atoms with Crippen molar-refractivity contribution in [1.82, 2.24) is 9.97 Å². The van der Waals surface area contributed by atoms with Crippen molar-refractivity contribution in [2.75, 3.05) is 11.1 Å². The van der Waals surface area contributed by atoms with Crippen LogP contribution < -0.4 is 5.32 Å². The van der Waals surface area contributed by atoms with Gasteiger partial charge in [0.1, 0.15) is 0 Å². The fraction of sp³-hybridized carbons (Fsp3) is 0.0556. The molecule has 0 atom stereocenters. The molecule has 0 spiro atoms. The summed E-state index contributed by atoms with van der Waals surface area (Å²) in [5.74, 6) is 0.197. The van der Waals surface area contributed by atoms with Crippen LogP contribution in [0.4, 0.5) is 5.69 Å². The first-order chi connectivity index (χ1) is 11.8. The lowest BCUT2D eigenvalue weighted by Crippen LogP contribution is -2.14. The second-order valence-corrected chi connectivity index (χ2v) is 6.84. The third-order valence-corrected chi connectivity index (χ3v) is 4.97. The predicted molar refractivity (Wildman–Crippen MR) is 98.4 cm³/mol. The van der Waals surface area contributed by atoms with Crippen molar-refractivity contribution >= 4 is 35.1 Å². The van der Waals surface area contributed by atoms with Crippen LogP contribution in [0.2, 0.25) is 0 Å². The maximum absolute atomic E-state index is 12.2. The zero-order valence-electron chi connectivity index (χ0n) is 12.8. The summed E-state index contributed by atoms with van der Waals surface area (Å²) in [6.07, 6.45) is 3.33. The zero-order valence-corrected chi connectivity index (χ0v) is 14.4. The third kappa shape index (κ3) is 4.84. The Balaban J connectivity index is 1.63. The van der Waals surface area contributed by atoms with Gasteiger partial charge in [-0.1, -0.05) is 53.9 Å². The number of aromatic nitrogens is 2. The molecule has 6 heteroatoms. The van der Waals surface area contributed by atoms with Gasteiger partial charge in [-0.3, -0.25) is 4.79 Å². The molecule has 2 aromatic carbocycles. The quantitative estimate of drug-likeness (QED) is 0.527. The number of hydrogen-bond acceptors (Lipinski definition) is 5. The molecular weight excluding hydrogens is 338 g/mol. The molecule has 4 nitrogen and oxygen atoms in total. The molecule has 1 aromatic heterocycles. The van der Waals surface area contributed by atoms with Gasteiger partial charge < -0.3 is 5.32 Å². The van der Waals surface area contributed by atoms with E-state index >= 15 is 0 Å². The van der Waals surface area contributed by atoms with Gasteiger partial charge in [0, 0.05) is 22.2 Å². The first-order valence-electron chi connectivity index (χ1n) is 7.33. The summed E-state index contributed by atoms with van der Waals surface area (Å²) in [6, 6.07) is 19.6. The Hall–Kier alpha value is -2.31. The van der Waals surface area contributed by atoms with E-state index in [1.165, 1.54) is 11.8 Å². The third-order valence-electron chi connectivity index (χ3n) is 3.01. The molecule has 1 N–H and O–H groups in total. The second kappa shape index (κ2) is 8.52. The lowest BCUT2D eigenvalue weighted by atomic mass is 10.3. The molecule has 0 saturated heterocycles. The van der Waals surface area contributed by atoms with E-state index in [4.69, 9.17) is 0 Å². The smallest absolute Gasteiger partial charge is 0.234 e. The van der Waals surface area contributed by atoms with Crippen molar-refractivity contribution in [3.63, 3.8) is 0 Å². The topological polar surface area (TPSA) is 54.9 Å². The fourth-order valence-corrected chi connectivity index (χ4v) is 3.48. The molecule has 0 aliphatic heterocycles. The molecule has 1 amide bonds. The molecule has 0 radical (unpaired) electrons. The number of para-hydroxylation sites is 1. The minimum Gasteiger partial charge on any atom is -0.324 e. The Morgan fingerprint density at radius 1 is 0.917 bits per heavy atom. The first-order valence-corrected chi connectivity index (χ1v) is 9.13. The molecule has 3 aromatic rings. The average Bonchev–Trinajstić information content (AvgIpc) is 2.63. The van der Waals surface area contributed by atoms with E-state index < -0.39 is 0 Å². The van der Waals surface area contributed by atoms with Crippen LogP contribution in [-0.4, -0.2) is 21.6 Å². The number of nitrogens with one attached hydrogen (secondary N) is 1. The van der Waals surface area contributed by atoms with Crippen molar-refractivity contribution in [2.24, 2.45) is 0 Å². The van der Waals surface area contributed by atoms with Gasteiger partial charge in [0.15, 0.2) is 5.16 Å². The molecular formula is C18H15N3OS2. The predicted octanol–water partition coefficient (Wildman–Crippen LogP) is 4.36. The first kappa shape index (κ1) is 16.5. The Morgan fingerprint density at radius 3 is 2.42 bits per heavy atom. The van der Waals surface area contributed by atoms with Gasteiger partial charge >= 0.3 is 0 Å². The van der Waals surface area contributed by atoms with E-state index in [-0.39, 0.29) is 11.7 Å². The van der Waals surface area contributed by atoms with Gasteiger partial charge in [-0.2, -0.15) is 0 Å². The van der Waals surface area contributed by atoms with Crippen LogP contribution in [0.3, 0.4) is 0 Å². The number of amides is 1. The van der Waals surface area contributed by atoms with Gasteiger partial charge in [0.25, 0.3) is 0 Å². The number of anilines is 1. The molecule has 3 rings (SSSR count). The molecule has 0 saturated carbocycles. The summed E-state index contributed by atoms with van der Waals surface area (Å²) in [5, 5.41) is 3.56. The fourth-order valence-electron chi connectivity index (χ4n) is 1.95. The van der Waals surface area contributed by atoms with E-state index in [1.807, 2.05) is 54.6 Å². The number of carbonyl (C=O) groups is 1. The van der Waals surface area contributed by atoms with Gasteiger partial charge in [0.2, 0.25) is 5.91 Å². The minimum absolute atomic E-state index is 0.0754. The van der Waals surface area contributed by atoms with E-state index in [2.05, 4.69) is 15.3 Å². The zero-order chi connectivity index (χ0) is 16.6. The molecule has 120 valence electrons. The van der Waals surface area contributed by atoms with Gasteiger partial charge in [-0.05, 0) is 30.3 Å². The Labute approximate surface area is 149 Å². The van der Waals surface area contributed by atoms with E-state index in [9.17, 15) is 4.79 Å². The largest absolute Gasteiger partial charge is 0.324 e. The highest BCUT2D eigenvalue weighted by molar-refractivity contribution is 8.00. The van der Waals surface area contributed by atoms with Crippen molar-refractivity contribution in [2.45, 2.75) is 14.9 Å². The summed E-state index contributed by atoms with van der Waals surface area (Å²) in [7, 11) is 0. The number of nitrogens with zero attached hydrogens (tertiary/aromatic N) is 2. The van der Waals surface area contributed by atoms with Crippen LogP contribution in [0.15, 0.2) is 88.0 Å². The Kier molecular flexibility index (Phi) is 5.87. The maximum Gasteiger partial charge on any atom is 0.234 e. The number of thioether (sulfide) groups is 1. The molecule has 0 bridgehead atoms. The lowest BCUT2D eigenvalue weighted by Gasteiger charge is -2.10.